The highest BCUT2D eigenvalue weighted by Gasteiger charge is 2.36. The smallest absolute Gasteiger partial charge is 0.460 e. The maximum Gasteiger partial charge on any atom is 0.513 e. The molecule has 0 bridgehead atoms. The first kappa shape index (κ1) is 25.3. The molecular formula is C22H20N3O9P. The molecule has 35 heavy (non-hydrogen) atoms. The molecule has 12 nitrogen and oxygen atoms in total. The van der Waals surface area contributed by atoms with Gasteiger partial charge in [0, 0.05) is 6.07 Å². The second kappa shape index (κ2) is 11.2. The molecule has 0 unspecified atom stereocenters. The van der Waals surface area contributed by atoms with Crippen molar-refractivity contribution in [3.05, 3.63) is 105 Å². The molecule has 0 radical (unpaired) electrons. The van der Waals surface area contributed by atoms with E-state index in [2.05, 4.69) is 5.09 Å². The molecule has 0 heterocycles. The summed E-state index contributed by atoms with van der Waals surface area (Å²) in [6, 6.07) is 18.0. The van der Waals surface area contributed by atoms with Crippen LogP contribution in [0.4, 0.5) is 11.4 Å². The molecular weight excluding hydrogens is 481 g/mol. The number of hydrogen-bond donors (Lipinski definition) is 1. The minimum absolute atomic E-state index is 0.0375. The summed E-state index contributed by atoms with van der Waals surface area (Å²) in [6.45, 7) is 1.31. The summed E-state index contributed by atoms with van der Waals surface area (Å²) in [5.41, 5.74) is -0.639. The van der Waals surface area contributed by atoms with Gasteiger partial charge in [-0.1, -0.05) is 48.5 Å². The Hall–Kier alpha value is -4.28. The fraction of sp³-hybridized carbons (Fsp3) is 0.136. The molecule has 2 atom stereocenters. The lowest BCUT2D eigenvalue weighted by atomic mass is 10.2. The third-order valence-corrected chi connectivity index (χ3v) is 6.06. The normalized spacial score (nSPS) is 13.2. The number of para-hydroxylation sites is 1. The summed E-state index contributed by atoms with van der Waals surface area (Å²) in [7, 11) is -4.50. The number of rotatable bonds is 11. The quantitative estimate of drug-likeness (QED) is 0.167. The molecule has 0 spiro atoms. The third-order valence-electron chi connectivity index (χ3n) is 4.47. The maximum absolute atomic E-state index is 13.6. The number of nitro groups is 2. The number of nitro benzene ring substituents is 2. The lowest BCUT2D eigenvalue weighted by molar-refractivity contribution is -0.394. The van der Waals surface area contributed by atoms with Crippen molar-refractivity contribution in [1.82, 2.24) is 5.09 Å². The molecule has 0 amide bonds. The number of benzene rings is 3. The first-order valence-corrected chi connectivity index (χ1v) is 11.7. The monoisotopic (exact) mass is 501 g/mol. The first-order valence-electron chi connectivity index (χ1n) is 10.1. The number of hydrogen-bond acceptors (Lipinski definition) is 9. The number of non-ortho nitro benzene ring substituents is 1. The van der Waals surface area contributed by atoms with E-state index < -0.39 is 46.7 Å². The molecule has 3 aromatic carbocycles. The number of carbonyl (C=O) groups is 1. The van der Waals surface area contributed by atoms with E-state index in [1.165, 1.54) is 19.1 Å². The summed E-state index contributed by atoms with van der Waals surface area (Å²) in [4.78, 5) is 33.2. The molecule has 0 aliphatic heterocycles. The lowest BCUT2D eigenvalue weighted by Crippen LogP contribution is -2.35. The van der Waals surface area contributed by atoms with E-state index in [0.717, 1.165) is 17.7 Å². The zero-order valence-corrected chi connectivity index (χ0v) is 19.2. The van der Waals surface area contributed by atoms with Crippen LogP contribution in [0, 0.1) is 20.2 Å². The van der Waals surface area contributed by atoms with Gasteiger partial charge in [-0.15, -0.1) is 0 Å². The molecule has 0 aromatic heterocycles. The van der Waals surface area contributed by atoms with Gasteiger partial charge in [0.15, 0.2) is 0 Å². The molecule has 182 valence electrons. The Labute approximate surface area is 199 Å². The van der Waals surface area contributed by atoms with Crippen LogP contribution in [-0.4, -0.2) is 21.9 Å². The SMILES string of the molecule is C[C@H](N[P@](=O)(Oc1ccccc1)Oc1ccc([N+](=O)[O-])cc1[N+](=O)[O-])C(=O)OCc1ccccc1. The van der Waals surface area contributed by atoms with Gasteiger partial charge in [-0.3, -0.25) is 25.0 Å². The number of carbonyl (C=O) groups excluding carboxylic acids is 1. The van der Waals surface area contributed by atoms with Gasteiger partial charge >= 0.3 is 19.4 Å². The number of nitrogens with zero attached hydrogens (tertiary/aromatic N) is 2. The lowest BCUT2D eigenvalue weighted by Gasteiger charge is -2.23. The van der Waals surface area contributed by atoms with E-state index in [4.69, 9.17) is 13.8 Å². The molecule has 0 fully saturated rings. The maximum atomic E-state index is 13.6. The van der Waals surface area contributed by atoms with E-state index in [1.54, 1.807) is 48.5 Å². The van der Waals surface area contributed by atoms with Crippen LogP contribution in [-0.2, 0) is 20.7 Å². The highest BCUT2D eigenvalue weighted by Crippen LogP contribution is 2.48. The van der Waals surface area contributed by atoms with Gasteiger partial charge in [0.05, 0.1) is 15.9 Å². The molecule has 0 saturated carbocycles. The number of ether oxygens (including phenoxy) is 1. The summed E-state index contributed by atoms with van der Waals surface area (Å²) in [5, 5.41) is 24.9. The summed E-state index contributed by atoms with van der Waals surface area (Å²) >= 11 is 0. The average molecular weight is 501 g/mol. The minimum Gasteiger partial charge on any atom is -0.460 e. The van der Waals surface area contributed by atoms with Crippen LogP contribution in [0.25, 0.3) is 0 Å². The highest BCUT2D eigenvalue weighted by molar-refractivity contribution is 7.52. The van der Waals surface area contributed by atoms with Crippen LogP contribution >= 0.6 is 7.75 Å². The Bertz CT molecular complexity index is 1260. The van der Waals surface area contributed by atoms with Crippen molar-refractivity contribution in [3.8, 4) is 11.5 Å². The minimum atomic E-state index is -4.50. The van der Waals surface area contributed by atoms with Gasteiger partial charge < -0.3 is 13.8 Å². The Morgan fingerprint density at radius 1 is 0.943 bits per heavy atom. The second-order valence-electron chi connectivity index (χ2n) is 7.10. The zero-order chi connectivity index (χ0) is 25.4. The van der Waals surface area contributed by atoms with Crippen molar-refractivity contribution in [2.45, 2.75) is 19.6 Å². The van der Waals surface area contributed by atoms with Crippen molar-refractivity contribution in [3.63, 3.8) is 0 Å². The van der Waals surface area contributed by atoms with Gasteiger partial charge in [0.1, 0.15) is 18.4 Å². The van der Waals surface area contributed by atoms with Crippen LogP contribution in [0.1, 0.15) is 12.5 Å². The standard InChI is InChI=1S/C22H20N3O9P/c1-16(22(26)32-15-17-8-4-2-5-9-17)23-35(31,33-19-10-6-3-7-11-19)34-21-13-12-18(24(27)28)14-20(21)25(29)30/h2-14,16H,15H2,1H3,(H,23,31)/t16-,35-/m0/s1. The Balaban J connectivity index is 1.84. The van der Waals surface area contributed by atoms with E-state index in [1.807, 2.05) is 0 Å². The van der Waals surface area contributed by atoms with Crippen molar-refractivity contribution in [2.75, 3.05) is 0 Å². The van der Waals surface area contributed by atoms with E-state index in [9.17, 15) is 29.6 Å². The van der Waals surface area contributed by atoms with Crippen LogP contribution in [0.15, 0.2) is 78.9 Å². The zero-order valence-electron chi connectivity index (χ0n) is 18.3. The van der Waals surface area contributed by atoms with Crippen LogP contribution in [0.2, 0.25) is 0 Å². The van der Waals surface area contributed by atoms with Gasteiger partial charge in [0.25, 0.3) is 5.69 Å². The molecule has 3 aromatic rings. The van der Waals surface area contributed by atoms with Crippen molar-refractivity contribution >= 4 is 25.1 Å². The summed E-state index contributed by atoms with van der Waals surface area (Å²) in [5.74, 6) is -1.26. The Kier molecular flexibility index (Phi) is 8.13. The van der Waals surface area contributed by atoms with Gasteiger partial charge in [-0.25, -0.2) is 4.57 Å². The predicted octanol–water partition coefficient (Wildman–Crippen LogP) is 4.79. The van der Waals surface area contributed by atoms with Crippen LogP contribution in [0.3, 0.4) is 0 Å². The number of esters is 1. The van der Waals surface area contributed by atoms with Gasteiger partial charge in [0.2, 0.25) is 5.75 Å². The summed E-state index contributed by atoms with van der Waals surface area (Å²) in [6.07, 6.45) is 0. The van der Waals surface area contributed by atoms with Crippen LogP contribution in [0.5, 0.6) is 11.5 Å². The Morgan fingerprint density at radius 3 is 2.17 bits per heavy atom. The predicted molar refractivity (Wildman–Crippen MR) is 124 cm³/mol. The fourth-order valence-electron chi connectivity index (χ4n) is 2.80. The van der Waals surface area contributed by atoms with Crippen molar-refractivity contribution in [1.29, 1.82) is 0 Å². The Morgan fingerprint density at radius 2 is 1.57 bits per heavy atom. The second-order valence-corrected chi connectivity index (χ2v) is 8.72. The van der Waals surface area contributed by atoms with E-state index in [-0.39, 0.29) is 12.4 Å². The van der Waals surface area contributed by atoms with Gasteiger partial charge in [-0.2, -0.15) is 5.09 Å². The molecule has 3 rings (SSSR count). The summed E-state index contributed by atoms with van der Waals surface area (Å²) < 4.78 is 29.7. The molecule has 13 heteroatoms. The first-order chi connectivity index (χ1) is 16.7. The average Bonchev–Trinajstić information content (AvgIpc) is 2.83. The van der Waals surface area contributed by atoms with Gasteiger partial charge in [-0.05, 0) is 30.7 Å². The largest absolute Gasteiger partial charge is 0.513 e. The highest BCUT2D eigenvalue weighted by atomic mass is 31.2. The van der Waals surface area contributed by atoms with E-state index >= 15 is 0 Å². The topological polar surface area (TPSA) is 160 Å². The fourth-order valence-corrected chi connectivity index (χ4v) is 4.34. The van der Waals surface area contributed by atoms with Crippen molar-refractivity contribution < 1.29 is 33.0 Å². The molecule has 1 N–H and O–H groups in total. The van der Waals surface area contributed by atoms with Crippen molar-refractivity contribution in [2.24, 2.45) is 0 Å². The molecule has 0 saturated heterocycles. The number of nitrogens with one attached hydrogen (secondary N) is 1. The molecule has 0 aliphatic carbocycles. The van der Waals surface area contributed by atoms with Crippen LogP contribution < -0.4 is 14.1 Å². The van der Waals surface area contributed by atoms with E-state index in [0.29, 0.717) is 6.07 Å². The third kappa shape index (κ3) is 7.10. The molecule has 0 aliphatic rings.